The third-order valence-electron chi connectivity index (χ3n) is 4.92. The summed E-state index contributed by atoms with van der Waals surface area (Å²) in [6, 6.07) is 32.5. The summed E-state index contributed by atoms with van der Waals surface area (Å²) < 4.78 is 0. The number of nitrogen functional groups attached to an aromatic ring is 2. The molecule has 0 saturated heterocycles. The standard InChI is InChI=1S/C14H11ClN2.C8H6ClN.C6H8N2/c15-11-7-5-10(6-8-11)9-14-16-12-3-1-2-4-13(12)17-14;9-8-3-1-7(2-4-8)5-6-10;7-5-3-1-2-4-6(5)8/h1-8H,9H2,(H,16,17);1-4H,5H2;1-4H,7-8H2. The number of halogens is 2. The molecular weight excluding hydrogens is 477 g/mol. The summed E-state index contributed by atoms with van der Waals surface area (Å²) in [5.74, 6) is 0.980. The van der Waals surface area contributed by atoms with E-state index in [-0.39, 0.29) is 0 Å². The molecule has 0 amide bonds. The van der Waals surface area contributed by atoms with E-state index in [9.17, 15) is 0 Å². The fourth-order valence-corrected chi connectivity index (χ4v) is 3.34. The topological polar surface area (TPSA) is 105 Å². The Morgan fingerprint density at radius 3 is 1.74 bits per heavy atom. The molecule has 4 aromatic carbocycles. The van der Waals surface area contributed by atoms with E-state index < -0.39 is 0 Å². The van der Waals surface area contributed by atoms with Crippen LogP contribution in [0.5, 0.6) is 0 Å². The number of nitrogens with one attached hydrogen (secondary N) is 1. The first kappa shape index (κ1) is 25.6. The second-order valence-corrected chi connectivity index (χ2v) is 8.47. The highest BCUT2D eigenvalue weighted by Crippen LogP contribution is 2.15. The molecule has 5 N–H and O–H groups in total. The van der Waals surface area contributed by atoms with Crippen molar-refractivity contribution in [1.82, 2.24) is 9.97 Å². The number of hydrogen-bond donors (Lipinski definition) is 3. The third-order valence-corrected chi connectivity index (χ3v) is 5.42. The van der Waals surface area contributed by atoms with Crippen LogP contribution in [0.4, 0.5) is 11.4 Å². The molecule has 1 heterocycles. The van der Waals surface area contributed by atoms with Gasteiger partial charge in [-0.25, -0.2) is 4.98 Å². The Bertz CT molecular complexity index is 1330. The smallest absolute Gasteiger partial charge is 0.111 e. The molecule has 0 radical (unpaired) electrons. The zero-order valence-corrected chi connectivity index (χ0v) is 20.5. The molecule has 5 rings (SSSR count). The fourth-order valence-electron chi connectivity index (χ4n) is 3.09. The van der Waals surface area contributed by atoms with E-state index in [4.69, 9.17) is 39.9 Å². The highest BCUT2D eigenvalue weighted by Gasteiger charge is 2.03. The van der Waals surface area contributed by atoms with Crippen molar-refractivity contribution in [3.05, 3.63) is 124 Å². The van der Waals surface area contributed by atoms with Crippen LogP contribution in [0.3, 0.4) is 0 Å². The molecule has 35 heavy (non-hydrogen) atoms. The van der Waals surface area contributed by atoms with Gasteiger partial charge >= 0.3 is 0 Å². The maximum absolute atomic E-state index is 8.31. The number of benzene rings is 4. The van der Waals surface area contributed by atoms with Crippen molar-refractivity contribution in [2.45, 2.75) is 12.8 Å². The quantitative estimate of drug-likeness (QED) is 0.230. The largest absolute Gasteiger partial charge is 0.397 e. The molecule has 0 fully saturated rings. The molecule has 0 saturated carbocycles. The molecule has 0 aliphatic heterocycles. The molecule has 5 aromatic rings. The van der Waals surface area contributed by atoms with Crippen molar-refractivity contribution in [1.29, 1.82) is 5.26 Å². The van der Waals surface area contributed by atoms with E-state index in [1.807, 2.05) is 72.8 Å². The Morgan fingerprint density at radius 2 is 1.23 bits per heavy atom. The van der Waals surface area contributed by atoms with Gasteiger partial charge in [0.2, 0.25) is 0 Å². The number of hydrogen-bond acceptors (Lipinski definition) is 4. The summed E-state index contributed by atoms with van der Waals surface area (Å²) in [6.45, 7) is 0. The Labute approximate surface area is 214 Å². The number of nitrogens with zero attached hydrogens (tertiary/aromatic N) is 2. The van der Waals surface area contributed by atoms with Crippen LogP contribution in [0, 0.1) is 11.3 Å². The van der Waals surface area contributed by atoms with Gasteiger partial charge in [-0.1, -0.05) is 71.7 Å². The third kappa shape index (κ3) is 8.38. The Morgan fingerprint density at radius 1 is 0.714 bits per heavy atom. The summed E-state index contributed by atoms with van der Waals surface area (Å²) in [4.78, 5) is 7.86. The van der Waals surface area contributed by atoms with Crippen molar-refractivity contribution >= 4 is 45.6 Å². The minimum atomic E-state index is 0.456. The highest BCUT2D eigenvalue weighted by molar-refractivity contribution is 6.30. The van der Waals surface area contributed by atoms with E-state index >= 15 is 0 Å². The first-order valence-electron chi connectivity index (χ1n) is 10.8. The van der Waals surface area contributed by atoms with Crippen LogP contribution < -0.4 is 11.5 Å². The SMILES string of the molecule is Clc1ccc(Cc2nc3ccccc3[nH]2)cc1.N#CCc1ccc(Cl)cc1.Nc1ccccc1N. The first-order valence-corrected chi connectivity index (χ1v) is 11.6. The van der Waals surface area contributed by atoms with Gasteiger partial charge in [-0.3, -0.25) is 0 Å². The number of aromatic nitrogens is 2. The van der Waals surface area contributed by atoms with Gasteiger partial charge in [0.05, 0.1) is 34.9 Å². The predicted octanol–water partition coefficient (Wildman–Crippen LogP) is 7.06. The molecule has 0 unspecified atom stereocenters. The van der Waals surface area contributed by atoms with Crippen LogP contribution >= 0.6 is 23.2 Å². The van der Waals surface area contributed by atoms with Gasteiger partial charge in [0.15, 0.2) is 0 Å². The van der Waals surface area contributed by atoms with Gasteiger partial charge in [0.25, 0.3) is 0 Å². The number of nitriles is 1. The van der Waals surface area contributed by atoms with Crippen LogP contribution in [0.1, 0.15) is 17.0 Å². The van der Waals surface area contributed by atoms with Crippen LogP contribution in [0.15, 0.2) is 97.1 Å². The molecule has 0 aliphatic rings. The maximum Gasteiger partial charge on any atom is 0.111 e. The van der Waals surface area contributed by atoms with Gasteiger partial charge in [-0.15, -0.1) is 0 Å². The number of anilines is 2. The van der Waals surface area contributed by atoms with E-state index in [1.165, 1.54) is 5.56 Å². The van der Waals surface area contributed by atoms with Gasteiger partial charge in [-0.05, 0) is 59.7 Å². The van der Waals surface area contributed by atoms with E-state index in [0.29, 0.717) is 22.8 Å². The first-order chi connectivity index (χ1) is 16.9. The normalized spacial score (nSPS) is 9.86. The number of H-pyrrole nitrogens is 1. The molecule has 1 aromatic heterocycles. The van der Waals surface area contributed by atoms with Gasteiger partial charge in [-0.2, -0.15) is 5.26 Å². The Hall–Kier alpha value is -3.98. The lowest BCUT2D eigenvalue weighted by Crippen LogP contribution is -1.91. The maximum atomic E-state index is 8.31. The number of nitrogens with two attached hydrogens (primary N) is 2. The molecule has 0 bridgehead atoms. The Balaban J connectivity index is 0.000000162. The van der Waals surface area contributed by atoms with Crippen molar-refractivity contribution in [3.8, 4) is 6.07 Å². The van der Waals surface area contributed by atoms with E-state index in [0.717, 1.165) is 33.9 Å². The summed E-state index contributed by atoms with van der Waals surface area (Å²) in [5, 5.41) is 9.78. The lowest BCUT2D eigenvalue weighted by atomic mass is 10.1. The highest BCUT2D eigenvalue weighted by atomic mass is 35.5. The fraction of sp³-hybridized carbons (Fsp3) is 0.0714. The predicted molar refractivity (Wildman–Crippen MR) is 146 cm³/mol. The molecule has 0 atom stereocenters. The van der Waals surface area contributed by atoms with E-state index in [1.54, 1.807) is 24.3 Å². The number of fused-ring (bicyclic) bond motifs is 1. The van der Waals surface area contributed by atoms with Crippen molar-refractivity contribution < 1.29 is 0 Å². The van der Waals surface area contributed by atoms with Gasteiger partial charge < -0.3 is 16.5 Å². The van der Waals surface area contributed by atoms with Crippen molar-refractivity contribution in [2.24, 2.45) is 0 Å². The van der Waals surface area contributed by atoms with Crippen LogP contribution in [0.2, 0.25) is 10.0 Å². The molecule has 5 nitrogen and oxygen atoms in total. The number of imidazole rings is 1. The summed E-state index contributed by atoms with van der Waals surface area (Å²) in [7, 11) is 0. The number of rotatable bonds is 3. The number of aromatic amines is 1. The summed E-state index contributed by atoms with van der Waals surface area (Å²) >= 11 is 11.5. The average molecular weight is 502 g/mol. The molecular formula is C28H25Cl2N5. The summed E-state index contributed by atoms with van der Waals surface area (Å²) in [5.41, 5.74) is 16.4. The molecule has 176 valence electrons. The molecule has 0 spiro atoms. The average Bonchev–Trinajstić information content (AvgIpc) is 3.27. The Kier molecular flexibility index (Phi) is 9.56. The minimum Gasteiger partial charge on any atom is -0.397 e. The van der Waals surface area contributed by atoms with Crippen LogP contribution in [0.25, 0.3) is 11.0 Å². The zero-order valence-electron chi connectivity index (χ0n) is 19.0. The second-order valence-electron chi connectivity index (χ2n) is 7.59. The molecule has 7 heteroatoms. The summed E-state index contributed by atoms with van der Waals surface area (Å²) in [6.07, 6.45) is 1.25. The lowest BCUT2D eigenvalue weighted by molar-refractivity contribution is 1.04. The van der Waals surface area contributed by atoms with Crippen molar-refractivity contribution in [2.75, 3.05) is 11.5 Å². The lowest BCUT2D eigenvalue weighted by Gasteiger charge is -1.97. The van der Waals surface area contributed by atoms with Gasteiger partial charge in [0, 0.05) is 16.5 Å². The molecule has 0 aliphatic carbocycles. The second kappa shape index (κ2) is 13.0. The van der Waals surface area contributed by atoms with Crippen molar-refractivity contribution in [3.63, 3.8) is 0 Å². The van der Waals surface area contributed by atoms with E-state index in [2.05, 4.69) is 16.0 Å². The minimum absolute atomic E-state index is 0.456. The van der Waals surface area contributed by atoms with Gasteiger partial charge in [0.1, 0.15) is 5.82 Å². The number of para-hydroxylation sites is 4. The zero-order chi connectivity index (χ0) is 25.0. The monoisotopic (exact) mass is 501 g/mol. The van der Waals surface area contributed by atoms with Crippen LogP contribution in [-0.2, 0) is 12.8 Å². The van der Waals surface area contributed by atoms with Crippen LogP contribution in [-0.4, -0.2) is 9.97 Å².